The molecule has 1 aromatic heterocycles. The summed E-state index contributed by atoms with van der Waals surface area (Å²) < 4.78 is 0. The highest BCUT2D eigenvalue weighted by molar-refractivity contribution is 5.75. The molecule has 25 heavy (non-hydrogen) atoms. The molecule has 2 N–H and O–H groups in total. The lowest BCUT2D eigenvalue weighted by Gasteiger charge is -2.23. The van der Waals surface area contributed by atoms with Gasteiger partial charge in [0.05, 0.1) is 11.0 Å². The molecule has 2 aliphatic rings. The Morgan fingerprint density at radius 3 is 2.96 bits per heavy atom. The average molecular weight is 339 g/mol. The molecule has 0 bridgehead atoms. The van der Waals surface area contributed by atoms with Crippen molar-refractivity contribution in [2.45, 2.75) is 25.3 Å². The number of benzene rings is 1. The van der Waals surface area contributed by atoms with Crippen molar-refractivity contribution in [1.29, 1.82) is 0 Å². The predicted molar refractivity (Wildman–Crippen MR) is 98.5 cm³/mol. The fraction of sp³-hybridized carbons (Fsp3) is 0.474. The number of hydrogen-bond donors (Lipinski definition) is 2. The third-order valence-electron chi connectivity index (χ3n) is 5.12. The predicted octanol–water partition coefficient (Wildman–Crippen LogP) is 2.15. The van der Waals surface area contributed by atoms with Gasteiger partial charge in [0.15, 0.2) is 0 Å². The van der Waals surface area contributed by atoms with E-state index >= 15 is 0 Å². The summed E-state index contributed by atoms with van der Waals surface area (Å²) in [7, 11) is 0. The molecule has 0 spiro atoms. The fourth-order valence-electron chi connectivity index (χ4n) is 3.70. The molecule has 132 valence electrons. The van der Waals surface area contributed by atoms with Crippen LogP contribution in [0.4, 0.5) is 4.79 Å². The van der Waals surface area contributed by atoms with Gasteiger partial charge in [0.25, 0.3) is 0 Å². The molecule has 0 unspecified atom stereocenters. The van der Waals surface area contributed by atoms with Gasteiger partial charge in [-0.2, -0.15) is 0 Å². The first-order valence-corrected chi connectivity index (χ1v) is 9.15. The number of nitrogens with zero attached hydrogens (tertiary/aromatic N) is 3. The molecule has 0 saturated carbocycles. The Balaban J connectivity index is 1.19. The van der Waals surface area contributed by atoms with E-state index in [1.807, 2.05) is 29.2 Å². The minimum Gasteiger partial charge on any atom is -0.342 e. The van der Waals surface area contributed by atoms with Gasteiger partial charge in [-0.3, -0.25) is 4.90 Å². The van der Waals surface area contributed by atoms with Crippen LogP contribution in [0, 0.1) is 0 Å². The SMILES string of the molecule is O=C(NCCCc1nc2ccccc2[nH]1)N1CC[C@@H](N2CC=CC2)C1. The summed E-state index contributed by atoms with van der Waals surface area (Å²) in [6, 6.07) is 8.63. The highest BCUT2D eigenvalue weighted by Crippen LogP contribution is 2.17. The molecule has 6 heteroatoms. The van der Waals surface area contributed by atoms with Crippen LogP contribution in [-0.2, 0) is 6.42 Å². The summed E-state index contributed by atoms with van der Waals surface area (Å²) >= 11 is 0. The molecule has 2 amide bonds. The zero-order valence-corrected chi connectivity index (χ0v) is 14.4. The number of urea groups is 1. The van der Waals surface area contributed by atoms with Crippen LogP contribution >= 0.6 is 0 Å². The molecule has 0 aliphatic carbocycles. The van der Waals surface area contributed by atoms with Crippen LogP contribution in [0.5, 0.6) is 0 Å². The Kier molecular flexibility index (Phi) is 4.70. The number of carbonyl (C=O) groups is 1. The topological polar surface area (TPSA) is 64.3 Å². The standard InChI is InChI=1S/C19H25N5O/c25-19(24-13-9-15(14-24)23-11-3-4-12-23)20-10-5-8-18-21-16-6-1-2-7-17(16)22-18/h1-4,6-7,15H,5,8-14H2,(H,20,25)(H,21,22)/t15-/m1/s1. The van der Waals surface area contributed by atoms with Gasteiger partial charge in [-0.25, -0.2) is 9.78 Å². The second kappa shape index (κ2) is 7.27. The number of aryl methyl sites for hydroxylation is 1. The molecule has 2 aromatic rings. The number of amides is 2. The number of aromatic amines is 1. The average Bonchev–Trinajstić information content (AvgIpc) is 3.37. The molecule has 0 radical (unpaired) electrons. The van der Waals surface area contributed by atoms with Crippen molar-refractivity contribution in [2.24, 2.45) is 0 Å². The molecule has 4 rings (SSSR count). The zero-order chi connectivity index (χ0) is 17.1. The monoisotopic (exact) mass is 339 g/mol. The van der Waals surface area contributed by atoms with Gasteiger partial charge in [-0.1, -0.05) is 24.3 Å². The van der Waals surface area contributed by atoms with Gasteiger partial charge < -0.3 is 15.2 Å². The smallest absolute Gasteiger partial charge is 0.317 e. The molecular weight excluding hydrogens is 314 g/mol. The number of imidazole rings is 1. The first-order valence-electron chi connectivity index (χ1n) is 9.15. The Morgan fingerprint density at radius 1 is 1.28 bits per heavy atom. The van der Waals surface area contributed by atoms with E-state index in [4.69, 9.17) is 0 Å². The van der Waals surface area contributed by atoms with E-state index in [0.29, 0.717) is 12.6 Å². The van der Waals surface area contributed by atoms with Crippen molar-refractivity contribution < 1.29 is 4.79 Å². The van der Waals surface area contributed by atoms with Crippen molar-refractivity contribution in [3.8, 4) is 0 Å². The first kappa shape index (κ1) is 16.1. The molecule has 1 atom stereocenters. The largest absolute Gasteiger partial charge is 0.342 e. The van der Waals surface area contributed by atoms with E-state index in [9.17, 15) is 4.79 Å². The highest BCUT2D eigenvalue weighted by Gasteiger charge is 2.30. The number of carbonyl (C=O) groups excluding carboxylic acids is 1. The van der Waals surface area contributed by atoms with E-state index in [1.54, 1.807) is 0 Å². The van der Waals surface area contributed by atoms with Crippen LogP contribution in [-0.4, -0.2) is 64.6 Å². The van der Waals surface area contributed by atoms with Crippen molar-refractivity contribution in [3.05, 3.63) is 42.2 Å². The second-order valence-electron chi connectivity index (χ2n) is 6.85. The Labute approximate surface area is 147 Å². The molecule has 2 aliphatic heterocycles. The Morgan fingerprint density at radius 2 is 2.12 bits per heavy atom. The summed E-state index contributed by atoms with van der Waals surface area (Å²) in [6.07, 6.45) is 7.23. The fourth-order valence-corrected chi connectivity index (χ4v) is 3.70. The van der Waals surface area contributed by atoms with Gasteiger partial charge in [0.2, 0.25) is 0 Å². The molecule has 6 nitrogen and oxygen atoms in total. The molecule has 3 heterocycles. The lowest BCUT2D eigenvalue weighted by atomic mass is 10.2. The van der Waals surface area contributed by atoms with Gasteiger partial charge in [-0.05, 0) is 25.0 Å². The van der Waals surface area contributed by atoms with Crippen LogP contribution in [0.1, 0.15) is 18.7 Å². The van der Waals surface area contributed by atoms with Crippen LogP contribution in [0.15, 0.2) is 36.4 Å². The van der Waals surface area contributed by atoms with Crippen LogP contribution in [0.2, 0.25) is 0 Å². The first-order chi connectivity index (χ1) is 12.3. The number of hydrogen-bond acceptors (Lipinski definition) is 3. The summed E-state index contributed by atoms with van der Waals surface area (Å²) in [5.41, 5.74) is 2.07. The van der Waals surface area contributed by atoms with Crippen LogP contribution < -0.4 is 5.32 Å². The lowest BCUT2D eigenvalue weighted by Crippen LogP contribution is -2.42. The normalized spacial score (nSPS) is 20.6. The van der Waals surface area contributed by atoms with Crippen molar-refractivity contribution in [3.63, 3.8) is 0 Å². The number of likely N-dealkylation sites (tertiary alicyclic amines) is 1. The van der Waals surface area contributed by atoms with Crippen LogP contribution in [0.3, 0.4) is 0 Å². The minimum absolute atomic E-state index is 0.0688. The molecular formula is C19H25N5O. The maximum atomic E-state index is 12.3. The highest BCUT2D eigenvalue weighted by atomic mass is 16.2. The van der Waals surface area contributed by atoms with E-state index in [-0.39, 0.29) is 6.03 Å². The van der Waals surface area contributed by atoms with E-state index in [2.05, 4.69) is 32.3 Å². The van der Waals surface area contributed by atoms with Crippen molar-refractivity contribution in [1.82, 2.24) is 25.1 Å². The second-order valence-corrected chi connectivity index (χ2v) is 6.85. The van der Waals surface area contributed by atoms with Gasteiger partial charge in [0, 0.05) is 45.2 Å². The van der Waals surface area contributed by atoms with Gasteiger partial charge >= 0.3 is 6.03 Å². The number of aromatic nitrogens is 2. The molecule has 1 aromatic carbocycles. The van der Waals surface area contributed by atoms with Gasteiger partial charge in [0.1, 0.15) is 5.82 Å². The maximum Gasteiger partial charge on any atom is 0.317 e. The minimum atomic E-state index is 0.0688. The molecule has 1 fully saturated rings. The number of nitrogens with one attached hydrogen (secondary N) is 2. The number of fused-ring (bicyclic) bond motifs is 1. The summed E-state index contributed by atoms with van der Waals surface area (Å²) in [5.74, 6) is 0.984. The summed E-state index contributed by atoms with van der Waals surface area (Å²) in [4.78, 5) is 24.6. The summed E-state index contributed by atoms with van der Waals surface area (Å²) in [6.45, 7) is 4.44. The van der Waals surface area contributed by atoms with Crippen LogP contribution in [0.25, 0.3) is 11.0 Å². The van der Waals surface area contributed by atoms with Gasteiger partial charge in [-0.15, -0.1) is 0 Å². The maximum absolute atomic E-state index is 12.3. The summed E-state index contributed by atoms with van der Waals surface area (Å²) in [5, 5.41) is 3.05. The van der Waals surface area contributed by atoms with E-state index in [1.165, 1.54) is 0 Å². The third kappa shape index (κ3) is 3.69. The van der Waals surface area contributed by atoms with E-state index in [0.717, 1.165) is 62.3 Å². The lowest BCUT2D eigenvalue weighted by molar-refractivity contribution is 0.200. The van der Waals surface area contributed by atoms with Crippen molar-refractivity contribution in [2.75, 3.05) is 32.7 Å². The Hall–Kier alpha value is -2.34. The number of para-hydroxylation sites is 2. The zero-order valence-electron chi connectivity index (χ0n) is 14.4. The molecule has 1 saturated heterocycles. The number of H-pyrrole nitrogens is 1. The third-order valence-corrected chi connectivity index (χ3v) is 5.12. The van der Waals surface area contributed by atoms with E-state index < -0.39 is 0 Å². The number of rotatable bonds is 5. The van der Waals surface area contributed by atoms with Crippen molar-refractivity contribution >= 4 is 17.1 Å². The quantitative estimate of drug-likeness (QED) is 0.648. The Bertz CT molecular complexity index is 727.